The summed E-state index contributed by atoms with van der Waals surface area (Å²) in [7, 11) is -3.76. The fraction of sp³-hybridized carbons (Fsp3) is 0.457. The lowest BCUT2D eigenvalue weighted by Crippen LogP contribution is -2.53. The average molecular weight is 619 g/mol. The number of piperidine rings is 1. The summed E-state index contributed by atoms with van der Waals surface area (Å²) in [4.78, 5) is 21.3. The van der Waals surface area contributed by atoms with Crippen molar-refractivity contribution in [2.24, 2.45) is 5.92 Å². The third-order valence-corrected chi connectivity index (χ3v) is 11.2. The van der Waals surface area contributed by atoms with Gasteiger partial charge in [-0.3, -0.25) is 9.69 Å². The highest BCUT2D eigenvalue weighted by atomic mass is 32.2. The van der Waals surface area contributed by atoms with Gasteiger partial charge in [-0.05, 0) is 92.4 Å². The molecule has 2 aliphatic heterocycles. The summed E-state index contributed by atoms with van der Waals surface area (Å²) in [6.45, 7) is 2.19. The Bertz CT molecular complexity index is 1490. The van der Waals surface area contributed by atoms with Gasteiger partial charge in [-0.1, -0.05) is 54.6 Å². The van der Waals surface area contributed by atoms with Crippen molar-refractivity contribution in [1.82, 2.24) is 10.4 Å². The molecule has 3 fully saturated rings. The van der Waals surface area contributed by atoms with Crippen LogP contribution in [0.15, 0.2) is 83.8 Å². The molecule has 2 heterocycles. The second kappa shape index (κ2) is 14.2. The second-order valence-electron chi connectivity index (χ2n) is 12.1. The van der Waals surface area contributed by atoms with Gasteiger partial charge in [0.2, 0.25) is 5.91 Å². The maximum atomic E-state index is 13.9. The van der Waals surface area contributed by atoms with Crippen LogP contribution in [-0.4, -0.2) is 63.1 Å². The van der Waals surface area contributed by atoms with Gasteiger partial charge in [0, 0.05) is 25.6 Å². The molecule has 234 valence electrons. The molecule has 8 nitrogen and oxygen atoms in total. The van der Waals surface area contributed by atoms with Gasteiger partial charge >= 0.3 is 0 Å². The first kappa shape index (κ1) is 30.8. The van der Waals surface area contributed by atoms with Crippen LogP contribution in [0.4, 0.5) is 0 Å². The van der Waals surface area contributed by atoms with Gasteiger partial charge in [0.05, 0.1) is 22.7 Å². The van der Waals surface area contributed by atoms with E-state index in [2.05, 4.69) is 46.8 Å². The van der Waals surface area contributed by atoms with E-state index in [9.17, 15) is 13.2 Å². The van der Waals surface area contributed by atoms with E-state index in [1.54, 1.807) is 24.3 Å². The molecule has 0 radical (unpaired) electrons. The molecule has 2 saturated heterocycles. The number of sulfone groups is 1. The molecule has 1 aliphatic carbocycles. The van der Waals surface area contributed by atoms with Gasteiger partial charge in [0.15, 0.2) is 16.1 Å². The molecule has 9 heteroatoms. The number of rotatable bonds is 12. The van der Waals surface area contributed by atoms with Crippen LogP contribution in [0.5, 0.6) is 5.75 Å². The number of benzene rings is 3. The van der Waals surface area contributed by atoms with Gasteiger partial charge < -0.3 is 9.47 Å². The van der Waals surface area contributed by atoms with Crippen molar-refractivity contribution in [3.63, 3.8) is 0 Å². The molecule has 1 saturated carbocycles. The first-order valence-corrected chi connectivity index (χ1v) is 17.4. The number of aryl methyl sites for hydroxylation is 1. The van der Waals surface area contributed by atoms with E-state index in [1.165, 1.54) is 16.7 Å². The molecule has 3 aromatic rings. The largest absolute Gasteiger partial charge is 0.494 e. The highest BCUT2D eigenvalue weighted by Crippen LogP contribution is 2.35. The molecule has 0 bridgehead atoms. The molecule has 3 aromatic carbocycles. The minimum atomic E-state index is -3.76. The van der Waals surface area contributed by atoms with Crippen LogP contribution in [-0.2, 0) is 30.6 Å². The number of hydroxylamine groups is 1. The van der Waals surface area contributed by atoms with E-state index in [0.29, 0.717) is 50.9 Å². The van der Waals surface area contributed by atoms with Crippen LogP contribution in [0.25, 0.3) is 11.1 Å². The lowest BCUT2D eigenvalue weighted by Gasteiger charge is -2.37. The van der Waals surface area contributed by atoms with Crippen molar-refractivity contribution in [2.45, 2.75) is 73.8 Å². The van der Waals surface area contributed by atoms with E-state index in [1.807, 2.05) is 18.2 Å². The molecule has 1 N–H and O–H groups in total. The lowest BCUT2D eigenvalue weighted by atomic mass is 9.96. The number of amides is 1. The normalized spacial score (nSPS) is 22.8. The molecule has 3 atom stereocenters. The molecule has 44 heavy (non-hydrogen) atoms. The molecule has 6 rings (SSSR count). The number of ether oxygens (including phenoxy) is 2. The number of likely N-dealkylation sites (tertiary alicyclic amines) is 1. The van der Waals surface area contributed by atoms with Crippen molar-refractivity contribution in [3.8, 4) is 16.9 Å². The van der Waals surface area contributed by atoms with Gasteiger partial charge in [0.1, 0.15) is 5.75 Å². The summed E-state index contributed by atoms with van der Waals surface area (Å²) in [6.07, 6.45) is 6.48. The Morgan fingerprint density at radius 2 is 1.70 bits per heavy atom. The van der Waals surface area contributed by atoms with Crippen LogP contribution in [0.1, 0.15) is 50.5 Å². The van der Waals surface area contributed by atoms with Crippen molar-refractivity contribution >= 4 is 15.7 Å². The van der Waals surface area contributed by atoms with Crippen molar-refractivity contribution in [1.29, 1.82) is 0 Å². The second-order valence-corrected chi connectivity index (χ2v) is 14.2. The van der Waals surface area contributed by atoms with Gasteiger partial charge in [0.25, 0.3) is 0 Å². The fourth-order valence-electron chi connectivity index (χ4n) is 6.26. The summed E-state index contributed by atoms with van der Waals surface area (Å²) in [5, 5.41) is -0.827. The van der Waals surface area contributed by atoms with Gasteiger partial charge in [-0.25, -0.2) is 18.7 Å². The van der Waals surface area contributed by atoms with Crippen LogP contribution < -0.4 is 10.2 Å². The quantitative estimate of drug-likeness (QED) is 0.210. The van der Waals surface area contributed by atoms with Crippen molar-refractivity contribution in [3.05, 3.63) is 84.4 Å². The maximum absolute atomic E-state index is 13.9. The molecule has 3 aliphatic rings. The third-order valence-electron chi connectivity index (χ3n) is 8.87. The van der Waals surface area contributed by atoms with Gasteiger partial charge in [-0.15, -0.1) is 0 Å². The number of nitrogens with one attached hydrogen (secondary N) is 1. The van der Waals surface area contributed by atoms with E-state index in [4.69, 9.17) is 14.3 Å². The van der Waals surface area contributed by atoms with Crippen molar-refractivity contribution in [2.75, 3.05) is 26.3 Å². The number of hydrogen-bond donors (Lipinski definition) is 1. The van der Waals surface area contributed by atoms with Crippen LogP contribution >= 0.6 is 0 Å². The zero-order valence-corrected chi connectivity index (χ0v) is 25.9. The smallest absolute Gasteiger partial charge is 0.249 e. The Balaban J connectivity index is 1.04. The zero-order valence-electron chi connectivity index (χ0n) is 25.1. The summed E-state index contributed by atoms with van der Waals surface area (Å²) in [5.41, 5.74) is 6.19. The molecule has 1 amide bonds. The number of carbonyl (C=O) groups excluding carboxylic acids is 1. The van der Waals surface area contributed by atoms with E-state index in [-0.39, 0.29) is 4.90 Å². The first-order valence-electron chi connectivity index (χ1n) is 15.9. The molecule has 3 unspecified atom stereocenters. The van der Waals surface area contributed by atoms with Gasteiger partial charge in [-0.2, -0.15) is 0 Å². The Kier molecular flexibility index (Phi) is 9.96. The Morgan fingerprint density at radius 1 is 0.909 bits per heavy atom. The first-order chi connectivity index (χ1) is 21.5. The predicted molar refractivity (Wildman–Crippen MR) is 169 cm³/mol. The fourth-order valence-corrected chi connectivity index (χ4v) is 8.18. The molecular weight excluding hydrogens is 576 g/mol. The summed E-state index contributed by atoms with van der Waals surface area (Å²) in [5.74, 6) is -0.498. The Hall–Kier alpha value is -3.24. The summed E-state index contributed by atoms with van der Waals surface area (Å²) < 4.78 is 39.2. The van der Waals surface area contributed by atoms with E-state index in [0.717, 1.165) is 38.5 Å². The molecule has 0 spiro atoms. The highest BCUT2D eigenvalue weighted by Gasteiger charge is 2.45. The molecular formula is C35H42N2O6S. The van der Waals surface area contributed by atoms with Crippen LogP contribution in [0.2, 0.25) is 0 Å². The molecule has 0 aromatic heterocycles. The lowest BCUT2D eigenvalue weighted by molar-refractivity contribution is -0.202. The number of nitrogens with zero attached hydrogens (tertiary/aromatic N) is 1. The van der Waals surface area contributed by atoms with Crippen molar-refractivity contribution < 1.29 is 27.5 Å². The zero-order chi connectivity index (χ0) is 30.4. The average Bonchev–Trinajstić information content (AvgIpc) is 3.93. The Morgan fingerprint density at radius 3 is 2.45 bits per heavy atom. The number of carbonyl (C=O) groups is 1. The minimum Gasteiger partial charge on any atom is -0.494 e. The topological polar surface area (TPSA) is 94.2 Å². The van der Waals surface area contributed by atoms with E-state index >= 15 is 0 Å². The SMILES string of the molecule is O=C(NOC1CCCCO1)C1CN(C2CC2)CCC1S(=O)(=O)c1ccc(OCCCc2cccc(-c3ccccc3)c2)cc1. The maximum Gasteiger partial charge on any atom is 0.249 e. The van der Waals surface area contributed by atoms with Crippen LogP contribution in [0.3, 0.4) is 0 Å². The Labute approximate surface area is 260 Å². The third kappa shape index (κ3) is 7.69. The monoisotopic (exact) mass is 618 g/mol. The predicted octanol–water partition coefficient (Wildman–Crippen LogP) is 5.57. The minimum absolute atomic E-state index is 0.210. The standard InChI is InChI=1S/C35H42N2O6S/c38-35(36-43-34-13-4-5-22-42-34)32-25-37(29-14-15-29)21-20-33(32)44(39,40)31-18-16-30(17-19-31)41-23-7-9-26-8-6-12-28(24-26)27-10-2-1-3-11-27/h1-3,6,8,10-12,16-19,24,29,32-34H,4-5,7,9,13-15,20-23,25H2,(H,36,38). The summed E-state index contributed by atoms with van der Waals surface area (Å²) in [6, 6.07) is 25.9. The highest BCUT2D eigenvalue weighted by molar-refractivity contribution is 7.92. The van der Waals surface area contributed by atoms with Crippen LogP contribution in [0, 0.1) is 5.92 Å². The number of hydrogen-bond acceptors (Lipinski definition) is 7. The van der Waals surface area contributed by atoms with E-state index < -0.39 is 33.2 Å². The summed E-state index contributed by atoms with van der Waals surface area (Å²) >= 11 is 0.